The van der Waals surface area contributed by atoms with Gasteiger partial charge in [0.25, 0.3) is 0 Å². The molecule has 1 rings (SSSR count). The first-order chi connectivity index (χ1) is 8.58. The van der Waals surface area contributed by atoms with Crippen molar-refractivity contribution in [1.29, 1.82) is 0 Å². The number of hydrogen-bond donors (Lipinski definition) is 1. The van der Waals surface area contributed by atoms with Gasteiger partial charge in [0.2, 0.25) is 0 Å². The molecule has 0 amide bonds. The molecule has 0 bridgehead atoms. The van der Waals surface area contributed by atoms with Crippen LogP contribution in [0.3, 0.4) is 0 Å². The van der Waals surface area contributed by atoms with Crippen LogP contribution in [0, 0.1) is 11.7 Å². The summed E-state index contributed by atoms with van der Waals surface area (Å²) in [5.74, 6) is 0.346. The molecule has 0 saturated heterocycles. The third kappa shape index (κ3) is 4.69. The highest BCUT2D eigenvalue weighted by atomic mass is 79.9. The number of nitrogens with two attached hydrogens (primary N) is 1. The summed E-state index contributed by atoms with van der Waals surface area (Å²) < 4.78 is 13.8. The molecule has 0 spiro atoms. The Morgan fingerprint density at radius 2 is 2.06 bits per heavy atom. The molecule has 2 N–H and O–H groups in total. The summed E-state index contributed by atoms with van der Waals surface area (Å²) in [4.78, 5) is 0. The normalized spacial score (nSPS) is 14.5. The SMILES string of the molecule is CCCCC(CC)C(N)Cc1ccc(F)cc1Br. The Balaban J connectivity index is 2.64. The van der Waals surface area contributed by atoms with Crippen molar-refractivity contribution in [2.45, 2.75) is 52.0 Å². The predicted molar refractivity (Wildman–Crippen MR) is 79.1 cm³/mol. The maximum Gasteiger partial charge on any atom is 0.124 e. The van der Waals surface area contributed by atoms with Gasteiger partial charge in [-0.2, -0.15) is 0 Å². The molecule has 2 atom stereocenters. The first-order valence-corrected chi connectivity index (χ1v) is 7.57. The van der Waals surface area contributed by atoms with Gasteiger partial charge in [-0.15, -0.1) is 0 Å². The molecule has 0 fully saturated rings. The smallest absolute Gasteiger partial charge is 0.124 e. The molecule has 0 saturated carbocycles. The highest BCUT2D eigenvalue weighted by Crippen LogP contribution is 2.23. The summed E-state index contributed by atoms with van der Waals surface area (Å²) in [5, 5.41) is 0. The topological polar surface area (TPSA) is 26.0 Å². The third-order valence-corrected chi connectivity index (χ3v) is 4.27. The molecule has 0 aliphatic heterocycles. The van der Waals surface area contributed by atoms with Crippen LogP contribution >= 0.6 is 15.9 Å². The van der Waals surface area contributed by atoms with E-state index in [1.165, 1.54) is 31.4 Å². The first kappa shape index (κ1) is 15.6. The molecule has 0 heterocycles. The Morgan fingerprint density at radius 3 is 2.61 bits per heavy atom. The van der Waals surface area contributed by atoms with E-state index >= 15 is 0 Å². The van der Waals surface area contributed by atoms with Crippen molar-refractivity contribution >= 4 is 15.9 Å². The van der Waals surface area contributed by atoms with Crippen LogP contribution in [0.25, 0.3) is 0 Å². The second kappa shape index (κ2) is 7.90. The van der Waals surface area contributed by atoms with E-state index < -0.39 is 0 Å². The van der Waals surface area contributed by atoms with Crippen molar-refractivity contribution in [2.24, 2.45) is 11.7 Å². The Kier molecular flexibility index (Phi) is 6.87. The van der Waals surface area contributed by atoms with E-state index in [0.29, 0.717) is 5.92 Å². The van der Waals surface area contributed by atoms with Crippen molar-refractivity contribution in [2.75, 3.05) is 0 Å². The van der Waals surface area contributed by atoms with E-state index in [1.54, 1.807) is 0 Å². The van der Waals surface area contributed by atoms with Crippen molar-refractivity contribution in [1.82, 2.24) is 0 Å². The Morgan fingerprint density at radius 1 is 1.33 bits per heavy atom. The number of halogens is 2. The van der Waals surface area contributed by atoms with E-state index in [4.69, 9.17) is 5.73 Å². The summed E-state index contributed by atoms with van der Waals surface area (Å²) in [5.41, 5.74) is 7.39. The van der Waals surface area contributed by atoms with Gasteiger partial charge in [-0.1, -0.05) is 55.1 Å². The maximum atomic E-state index is 13.0. The van der Waals surface area contributed by atoms with Crippen LogP contribution in [0.2, 0.25) is 0 Å². The number of hydrogen-bond acceptors (Lipinski definition) is 1. The van der Waals surface area contributed by atoms with Gasteiger partial charge in [-0.3, -0.25) is 0 Å². The fourth-order valence-corrected chi connectivity index (χ4v) is 2.81. The molecule has 1 nitrogen and oxygen atoms in total. The van der Waals surface area contributed by atoms with E-state index in [1.807, 2.05) is 6.07 Å². The van der Waals surface area contributed by atoms with Crippen LogP contribution in [0.15, 0.2) is 22.7 Å². The lowest BCUT2D eigenvalue weighted by atomic mass is 9.88. The van der Waals surface area contributed by atoms with E-state index in [0.717, 1.165) is 22.9 Å². The molecule has 1 aromatic carbocycles. The van der Waals surface area contributed by atoms with E-state index in [2.05, 4.69) is 29.8 Å². The van der Waals surface area contributed by atoms with Gasteiger partial charge < -0.3 is 5.73 Å². The molecule has 0 aromatic heterocycles. The van der Waals surface area contributed by atoms with Crippen molar-refractivity contribution in [3.8, 4) is 0 Å². The zero-order valence-corrected chi connectivity index (χ0v) is 12.8. The second-order valence-corrected chi connectivity index (χ2v) is 5.77. The lowest BCUT2D eigenvalue weighted by Gasteiger charge is -2.23. The highest BCUT2D eigenvalue weighted by molar-refractivity contribution is 9.10. The molecule has 0 aliphatic carbocycles. The fraction of sp³-hybridized carbons (Fsp3) is 0.600. The van der Waals surface area contributed by atoms with Gasteiger partial charge in [0.15, 0.2) is 0 Å². The largest absolute Gasteiger partial charge is 0.327 e. The van der Waals surface area contributed by atoms with Gasteiger partial charge in [0, 0.05) is 10.5 Å². The molecule has 18 heavy (non-hydrogen) atoms. The predicted octanol–water partition coefficient (Wildman–Crippen LogP) is 4.67. The second-order valence-electron chi connectivity index (χ2n) is 4.91. The number of unbranched alkanes of at least 4 members (excludes halogenated alkanes) is 1. The molecule has 0 aliphatic rings. The maximum absolute atomic E-state index is 13.0. The molecule has 1 aromatic rings. The minimum atomic E-state index is -0.211. The van der Waals surface area contributed by atoms with E-state index in [9.17, 15) is 4.39 Å². The molecular formula is C15H23BrFN. The van der Waals surface area contributed by atoms with Gasteiger partial charge in [-0.05, 0) is 36.5 Å². The Hall–Kier alpha value is -0.410. The summed E-state index contributed by atoms with van der Waals surface area (Å²) in [6.45, 7) is 4.40. The van der Waals surface area contributed by atoms with Gasteiger partial charge in [0.1, 0.15) is 5.82 Å². The van der Waals surface area contributed by atoms with Gasteiger partial charge in [-0.25, -0.2) is 4.39 Å². The quantitative estimate of drug-likeness (QED) is 0.777. The van der Waals surface area contributed by atoms with Gasteiger partial charge >= 0.3 is 0 Å². The van der Waals surface area contributed by atoms with Gasteiger partial charge in [0.05, 0.1) is 0 Å². The zero-order valence-electron chi connectivity index (χ0n) is 11.3. The van der Waals surface area contributed by atoms with Crippen molar-refractivity contribution in [3.63, 3.8) is 0 Å². The van der Waals surface area contributed by atoms with Crippen LogP contribution in [-0.2, 0) is 6.42 Å². The summed E-state index contributed by atoms with van der Waals surface area (Å²) in [7, 11) is 0. The lowest BCUT2D eigenvalue weighted by Crippen LogP contribution is -2.32. The van der Waals surface area contributed by atoms with Crippen LogP contribution in [0.5, 0.6) is 0 Å². The van der Waals surface area contributed by atoms with Crippen molar-refractivity contribution in [3.05, 3.63) is 34.1 Å². The standard InChI is InChI=1S/C15H23BrFN/c1-3-5-6-11(4-2)15(18)9-12-7-8-13(17)10-14(12)16/h7-8,10-11,15H,3-6,9,18H2,1-2H3. The summed E-state index contributed by atoms with van der Waals surface area (Å²) >= 11 is 3.40. The minimum Gasteiger partial charge on any atom is -0.327 e. The Labute approximate surface area is 118 Å². The fourth-order valence-electron chi connectivity index (χ4n) is 2.30. The number of benzene rings is 1. The first-order valence-electron chi connectivity index (χ1n) is 6.78. The molecule has 3 heteroatoms. The molecular weight excluding hydrogens is 293 g/mol. The molecule has 102 valence electrons. The number of rotatable bonds is 7. The van der Waals surface area contributed by atoms with Crippen LogP contribution < -0.4 is 5.73 Å². The monoisotopic (exact) mass is 315 g/mol. The van der Waals surface area contributed by atoms with Crippen molar-refractivity contribution < 1.29 is 4.39 Å². The third-order valence-electron chi connectivity index (χ3n) is 3.53. The van der Waals surface area contributed by atoms with Crippen LogP contribution in [0.1, 0.15) is 45.1 Å². The summed E-state index contributed by atoms with van der Waals surface area (Å²) in [6, 6.07) is 4.99. The molecule has 2 unspecified atom stereocenters. The molecule has 0 radical (unpaired) electrons. The average Bonchev–Trinajstić information content (AvgIpc) is 2.34. The lowest BCUT2D eigenvalue weighted by molar-refractivity contribution is 0.368. The van der Waals surface area contributed by atoms with E-state index in [-0.39, 0.29) is 11.9 Å². The highest BCUT2D eigenvalue weighted by Gasteiger charge is 2.17. The van der Waals surface area contributed by atoms with Crippen LogP contribution in [0.4, 0.5) is 4.39 Å². The van der Waals surface area contributed by atoms with Crippen LogP contribution in [-0.4, -0.2) is 6.04 Å². The Bertz CT molecular complexity index is 368. The average molecular weight is 316 g/mol. The minimum absolute atomic E-state index is 0.156. The summed E-state index contributed by atoms with van der Waals surface area (Å²) in [6.07, 6.45) is 5.55. The zero-order chi connectivity index (χ0) is 13.5.